The maximum atomic E-state index is 6.29. The van der Waals surface area contributed by atoms with E-state index in [1.807, 2.05) is 56.4 Å². The standard InChI is InChI=1S/C22H18ClN9/c1-14-3-4-15(11-24-14)21-26-13-32(30-21)17-7-5-16(6-8-17)28-22-25-12-18(23)20(29-22)19-9-10-27-31(19)2/h3-13H,1-2H3,(H,25,28,29). The number of nitrogens with one attached hydrogen (secondary N) is 1. The minimum atomic E-state index is 0.438. The molecule has 5 aromatic rings. The maximum Gasteiger partial charge on any atom is 0.227 e. The quantitative estimate of drug-likeness (QED) is 0.434. The summed E-state index contributed by atoms with van der Waals surface area (Å²) in [6.07, 6.45) is 6.73. The lowest BCUT2D eigenvalue weighted by Crippen LogP contribution is -2.02. The summed E-state index contributed by atoms with van der Waals surface area (Å²) in [4.78, 5) is 17.5. The Morgan fingerprint density at radius 1 is 0.938 bits per heavy atom. The Bertz CT molecular complexity index is 1370. The van der Waals surface area contributed by atoms with Gasteiger partial charge in [-0.15, -0.1) is 5.10 Å². The van der Waals surface area contributed by atoms with Gasteiger partial charge in [-0.25, -0.2) is 19.6 Å². The molecule has 0 amide bonds. The molecule has 32 heavy (non-hydrogen) atoms. The molecule has 0 radical (unpaired) electrons. The highest BCUT2D eigenvalue weighted by Gasteiger charge is 2.12. The molecule has 0 aliphatic carbocycles. The molecule has 0 aliphatic rings. The molecule has 0 spiro atoms. The average molecular weight is 444 g/mol. The SMILES string of the molecule is Cc1ccc(-c2ncn(-c3ccc(Nc4ncc(Cl)c(-c5ccnn5C)n4)cc3)n2)cn1. The molecule has 10 heteroatoms. The van der Waals surface area contributed by atoms with Crippen molar-refractivity contribution in [3.8, 4) is 28.5 Å². The zero-order valence-electron chi connectivity index (χ0n) is 17.3. The van der Waals surface area contributed by atoms with Crippen molar-refractivity contribution >= 4 is 23.2 Å². The summed E-state index contributed by atoms with van der Waals surface area (Å²) in [6.45, 7) is 1.94. The highest BCUT2D eigenvalue weighted by molar-refractivity contribution is 6.32. The first-order valence-electron chi connectivity index (χ1n) is 9.80. The minimum Gasteiger partial charge on any atom is -0.324 e. The Morgan fingerprint density at radius 2 is 1.78 bits per heavy atom. The van der Waals surface area contributed by atoms with E-state index in [0.29, 0.717) is 22.5 Å². The van der Waals surface area contributed by atoms with Gasteiger partial charge >= 0.3 is 0 Å². The van der Waals surface area contributed by atoms with E-state index in [2.05, 4.69) is 35.5 Å². The predicted octanol–water partition coefficient (Wildman–Crippen LogP) is 4.23. The van der Waals surface area contributed by atoms with Gasteiger partial charge in [0.2, 0.25) is 5.95 Å². The Hall–Kier alpha value is -4.11. The molecule has 0 atom stereocenters. The third-order valence-electron chi connectivity index (χ3n) is 4.86. The molecule has 1 aromatic carbocycles. The van der Waals surface area contributed by atoms with Gasteiger partial charge in [-0.1, -0.05) is 11.6 Å². The minimum absolute atomic E-state index is 0.438. The van der Waals surface area contributed by atoms with Crippen LogP contribution >= 0.6 is 11.6 Å². The average Bonchev–Trinajstić information content (AvgIpc) is 3.46. The van der Waals surface area contributed by atoms with Crippen molar-refractivity contribution < 1.29 is 0 Å². The molecule has 0 aliphatic heterocycles. The third kappa shape index (κ3) is 3.93. The monoisotopic (exact) mass is 443 g/mol. The molecule has 0 saturated carbocycles. The van der Waals surface area contributed by atoms with Crippen LogP contribution in [0.3, 0.4) is 0 Å². The molecule has 0 bridgehead atoms. The van der Waals surface area contributed by atoms with Crippen molar-refractivity contribution in [1.29, 1.82) is 0 Å². The third-order valence-corrected chi connectivity index (χ3v) is 5.13. The number of rotatable bonds is 5. The van der Waals surface area contributed by atoms with E-state index in [1.165, 1.54) is 0 Å². The maximum absolute atomic E-state index is 6.29. The summed E-state index contributed by atoms with van der Waals surface area (Å²) in [7, 11) is 1.84. The van der Waals surface area contributed by atoms with Gasteiger partial charge in [0.1, 0.15) is 12.0 Å². The lowest BCUT2D eigenvalue weighted by atomic mass is 10.2. The summed E-state index contributed by atoms with van der Waals surface area (Å²) < 4.78 is 3.43. The topological polar surface area (TPSA) is 99.2 Å². The van der Waals surface area contributed by atoms with Gasteiger partial charge in [0.25, 0.3) is 0 Å². The van der Waals surface area contributed by atoms with Gasteiger partial charge < -0.3 is 5.32 Å². The van der Waals surface area contributed by atoms with Gasteiger partial charge in [0.15, 0.2) is 5.82 Å². The van der Waals surface area contributed by atoms with E-state index in [-0.39, 0.29) is 0 Å². The zero-order chi connectivity index (χ0) is 22.1. The molecular formula is C22H18ClN9. The van der Waals surface area contributed by atoms with Crippen LogP contribution < -0.4 is 5.32 Å². The summed E-state index contributed by atoms with van der Waals surface area (Å²) in [5.41, 5.74) is 4.95. The van der Waals surface area contributed by atoms with E-state index >= 15 is 0 Å². The van der Waals surface area contributed by atoms with Crippen molar-refractivity contribution in [2.45, 2.75) is 6.92 Å². The number of aryl methyl sites for hydroxylation is 2. The first kappa shape index (κ1) is 19.8. The molecular weight excluding hydrogens is 426 g/mol. The Labute approximate surface area is 188 Å². The van der Waals surface area contributed by atoms with Crippen molar-refractivity contribution in [1.82, 2.24) is 39.5 Å². The number of aromatic nitrogens is 8. The highest BCUT2D eigenvalue weighted by atomic mass is 35.5. The smallest absolute Gasteiger partial charge is 0.227 e. The van der Waals surface area contributed by atoms with Crippen molar-refractivity contribution in [3.05, 3.63) is 78.1 Å². The van der Waals surface area contributed by atoms with E-state index in [9.17, 15) is 0 Å². The summed E-state index contributed by atoms with van der Waals surface area (Å²) in [5, 5.41) is 12.4. The number of benzene rings is 1. The van der Waals surface area contributed by atoms with Gasteiger partial charge in [0.05, 0.1) is 22.6 Å². The van der Waals surface area contributed by atoms with Crippen molar-refractivity contribution in [2.75, 3.05) is 5.32 Å². The van der Waals surface area contributed by atoms with Gasteiger partial charge in [-0.3, -0.25) is 9.67 Å². The summed E-state index contributed by atoms with van der Waals surface area (Å²) >= 11 is 6.29. The lowest BCUT2D eigenvalue weighted by molar-refractivity contribution is 0.773. The fourth-order valence-electron chi connectivity index (χ4n) is 3.16. The Kier molecular flexibility index (Phi) is 5.08. The van der Waals surface area contributed by atoms with E-state index in [0.717, 1.165) is 28.3 Å². The second-order valence-electron chi connectivity index (χ2n) is 7.10. The van der Waals surface area contributed by atoms with Crippen molar-refractivity contribution in [3.63, 3.8) is 0 Å². The number of hydrogen-bond donors (Lipinski definition) is 1. The van der Waals surface area contributed by atoms with Crippen LogP contribution in [0.5, 0.6) is 0 Å². The normalized spacial score (nSPS) is 11.0. The molecule has 0 saturated heterocycles. The van der Waals surface area contributed by atoms with Crippen LogP contribution in [0.15, 0.2) is 67.4 Å². The predicted molar refractivity (Wildman–Crippen MR) is 122 cm³/mol. The second-order valence-corrected chi connectivity index (χ2v) is 7.51. The van der Waals surface area contributed by atoms with Gasteiger partial charge in [-0.2, -0.15) is 5.10 Å². The number of hydrogen-bond acceptors (Lipinski definition) is 7. The molecule has 1 N–H and O–H groups in total. The van der Waals surface area contributed by atoms with E-state index in [4.69, 9.17) is 11.6 Å². The lowest BCUT2D eigenvalue weighted by Gasteiger charge is -2.09. The fourth-order valence-corrected chi connectivity index (χ4v) is 3.35. The van der Waals surface area contributed by atoms with Crippen LogP contribution in [0.25, 0.3) is 28.5 Å². The largest absolute Gasteiger partial charge is 0.324 e. The molecule has 5 rings (SSSR count). The Morgan fingerprint density at radius 3 is 2.50 bits per heavy atom. The Balaban J connectivity index is 1.35. The summed E-state index contributed by atoms with van der Waals surface area (Å²) in [6, 6.07) is 13.5. The number of pyridine rings is 1. The first-order valence-corrected chi connectivity index (χ1v) is 10.2. The first-order chi connectivity index (χ1) is 15.6. The van der Waals surface area contributed by atoms with Crippen LogP contribution in [0.1, 0.15) is 5.69 Å². The molecule has 0 fully saturated rings. The van der Waals surface area contributed by atoms with Gasteiger partial charge in [0, 0.05) is 36.4 Å². The van der Waals surface area contributed by atoms with Crippen LogP contribution in [0, 0.1) is 6.92 Å². The van der Waals surface area contributed by atoms with Crippen LogP contribution in [0.2, 0.25) is 5.02 Å². The van der Waals surface area contributed by atoms with Crippen LogP contribution in [0.4, 0.5) is 11.6 Å². The molecule has 9 nitrogen and oxygen atoms in total. The van der Waals surface area contributed by atoms with Crippen LogP contribution in [-0.2, 0) is 7.05 Å². The van der Waals surface area contributed by atoms with Crippen LogP contribution in [-0.4, -0.2) is 39.5 Å². The molecule has 158 valence electrons. The van der Waals surface area contributed by atoms with E-state index < -0.39 is 0 Å². The zero-order valence-corrected chi connectivity index (χ0v) is 18.1. The fraction of sp³-hybridized carbons (Fsp3) is 0.0909. The number of anilines is 2. The van der Waals surface area contributed by atoms with Crippen molar-refractivity contribution in [2.24, 2.45) is 7.05 Å². The summed E-state index contributed by atoms with van der Waals surface area (Å²) in [5.74, 6) is 1.06. The number of nitrogens with zero attached hydrogens (tertiary/aromatic N) is 8. The van der Waals surface area contributed by atoms with E-state index in [1.54, 1.807) is 34.3 Å². The highest BCUT2D eigenvalue weighted by Crippen LogP contribution is 2.26. The van der Waals surface area contributed by atoms with Gasteiger partial charge in [-0.05, 0) is 49.4 Å². The molecule has 4 heterocycles. The second kappa shape index (κ2) is 8.20. The number of halogens is 1. The molecule has 4 aromatic heterocycles. The molecule has 0 unspecified atom stereocenters.